The van der Waals surface area contributed by atoms with Crippen LogP contribution in [0.5, 0.6) is 0 Å². The Kier molecular flexibility index (Phi) is 4.60. The molecule has 0 fully saturated rings. The van der Waals surface area contributed by atoms with E-state index < -0.39 is 0 Å². The van der Waals surface area contributed by atoms with Crippen molar-refractivity contribution in [1.29, 1.82) is 0 Å². The number of nitrogens with one attached hydrogen (secondary N) is 1. The molecule has 0 aliphatic carbocycles. The lowest BCUT2D eigenvalue weighted by atomic mass is 10.2. The summed E-state index contributed by atoms with van der Waals surface area (Å²) in [5.41, 5.74) is 1.34. The molecule has 2 rings (SSSR count). The molecule has 2 aromatic rings. The molecular formula is C16H17N3O. The number of hydrogen-bond acceptors (Lipinski definition) is 3. The summed E-state index contributed by atoms with van der Waals surface area (Å²) >= 11 is 0. The summed E-state index contributed by atoms with van der Waals surface area (Å²) < 4.78 is 0. The van der Waals surface area contributed by atoms with Crippen molar-refractivity contribution in [3.8, 4) is 11.4 Å². The van der Waals surface area contributed by atoms with E-state index >= 15 is 0 Å². The third-order valence-corrected chi connectivity index (χ3v) is 2.73. The Hall–Kier alpha value is -2.49. The average Bonchev–Trinajstić information content (AvgIpc) is 2.47. The number of H-pyrrole nitrogens is 1. The first-order valence-corrected chi connectivity index (χ1v) is 6.61. The van der Waals surface area contributed by atoms with E-state index in [1.54, 1.807) is 0 Å². The first-order valence-electron chi connectivity index (χ1n) is 6.61. The van der Waals surface area contributed by atoms with Crippen molar-refractivity contribution in [2.45, 2.75) is 20.3 Å². The first-order chi connectivity index (χ1) is 9.74. The molecule has 0 aliphatic rings. The Morgan fingerprint density at radius 2 is 2.00 bits per heavy atom. The van der Waals surface area contributed by atoms with Gasteiger partial charge in [0.25, 0.3) is 0 Å². The second-order valence-corrected chi connectivity index (χ2v) is 4.26. The molecule has 4 nitrogen and oxygen atoms in total. The second-order valence-electron chi connectivity index (χ2n) is 4.26. The van der Waals surface area contributed by atoms with Gasteiger partial charge >= 0.3 is 5.69 Å². The third kappa shape index (κ3) is 3.29. The molecule has 0 atom stereocenters. The van der Waals surface area contributed by atoms with E-state index in [-0.39, 0.29) is 5.69 Å². The fourth-order valence-corrected chi connectivity index (χ4v) is 1.88. The van der Waals surface area contributed by atoms with Crippen molar-refractivity contribution in [2.75, 3.05) is 0 Å². The highest BCUT2D eigenvalue weighted by Crippen LogP contribution is 2.16. The van der Waals surface area contributed by atoms with E-state index in [0.29, 0.717) is 11.6 Å². The minimum absolute atomic E-state index is 0.389. The monoisotopic (exact) mass is 267 g/mol. The summed E-state index contributed by atoms with van der Waals surface area (Å²) in [5, 5.41) is 0. The van der Waals surface area contributed by atoms with Crippen molar-refractivity contribution < 1.29 is 0 Å². The number of allylic oxidation sites excluding steroid dienone is 4. The van der Waals surface area contributed by atoms with E-state index in [0.717, 1.165) is 17.6 Å². The van der Waals surface area contributed by atoms with Gasteiger partial charge < -0.3 is 0 Å². The van der Waals surface area contributed by atoms with E-state index in [2.05, 4.69) is 15.0 Å². The van der Waals surface area contributed by atoms with Gasteiger partial charge in [-0.1, -0.05) is 55.5 Å². The molecule has 1 aromatic heterocycles. The Morgan fingerprint density at radius 3 is 2.65 bits per heavy atom. The van der Waals surface area contributed by atoms with Crippen LogP contribution in [0.15, 0.2) is 53.4 Å². The molecule has 0 amide bonds. The van der Waals surface area contributed by atoms with Gasteiger partial charge in [-0.05, 0) is 13.3 Å². The normalized spacial score (nSPS) is 12.0. The molecule has 0 saturated heterocycles. The van der Waals surface area contributed by atoms with Crippen molar-refractivity contribution in [3.63, 3.8) is 0 Å². The lowest BCUT2D eigenvalue weighted by Gasteiger charge is -2.04. The Morgan fingerprint density at radius 1 is 1.25 bits per heavy atom. The van der Waals surface area contributed by atoms with Gasteiger partial charge in [0.2, 0.25) is 0 Å². The van der Waals surface area contributed by atoms with Crippen molar-refractivity contribution in [2.24, 2.45) is 0 Å². The fourth-order valence-electron chi connectivity index (χ4n) is 1.88. The smallest absolute Gasteiger partial charge is 0.290 e. The molecular weight excluding hydrogens is 250 g/mol. The molecule has 20 heavy (non-hydrogen) atoms. The highest BCUT2D eigenvalue weighted by molar-refractivity contribution is 5.70. The van der Waals surface area contributed by atoms with Gasteiger partial charge in [-0.2, -0.15) is 4.98 Å². The van der Waals surface area contributed by atoms with Crippen LogP contribution in [0.2, 0.25) is 0 Å². The summed E-state index contributed by atoms with van der Waals surface area (Å²) in [6, 6.07) is 9.48. The van der Waals surface area contributed by atoms with Crippen LogP contribution in [-0.4, -0.2) is 15.0 Å². The maximum absolute atomic E-state index is 11.7. The number of benzene rings is 1. The van der Waals surface area contributed by atoms with Crippen molar-refractivity contribution in [3.05, 3.63) is 64.9 Å². The van der Waals surface area contributed by atoms with Crippen LogP contribution in [0.1, 0.15) is 26.1 Å². The minimum Gasteiger partial charge on any atom is -0.290 e. The van der Waals surface area contributed by atoms with Crippen LogP contribution in [0.4, 0.5) is 0 Å². The van der Waals surface area contributed by atoms with E-state index in [4.69, 9.17) is 0 Å². The zero-order valence-corrected chi connectivity index (χ0v) is 11.6. The molecule has 0 saturated carbocycles. The predicted octanol–water partition coefficient (Wildman–Crippen LogP) is 3.20. The van der Waals surface area contributed by atoms with Crippen molar-refractivity contribution in [1.82, 2.24) is 15.0 Å². The molecule has 0 spiro atoms. The van der Waals surface area contributed by atoms with Crippen LogP contribution in [0.25, 0.3) is 17.0 Å². The molecule has 0 radical (unpaired) electrons. The molecule has 1 N–H and O–H groups in total. The topological polar surface area (TPSA) is 58.6 Å². The van der Waals surface area contributed by atoms with Crippen molar-refractivity contribution >= 4 is 5.57 Å². The van der Waals surface area contributed by atoms with Crippen LogP contribution >= 0.6 is 0 Å². The van der Waals surface area contributed by atoms with Crippen LogP contribution in [0, 0.1) is 0 Å². The number of nitrogens with zero attached hydrogens (tertiary/aromatic N) is 2. The van der Waals surface area contributed by atoms with Gasteiger partial charge in [-0.3, -0.25) is 4.98 Å². The maximum Gasteiger partial charge on any atom is 0.348 e. The van der Waals surface area contributed by atoms with Gasteiger partial charge in [0.1, 0.15) is 5.82 Å². The summed E-state index contributed by atoms with van der Waals surface area (Å²) in [6.45, 7) is 3.97. The Bertz CT molecular complexity index is 684. The SMILES string of the molecule is C/C=C\C(=C/CC)c1nc(-c2ccccc2)nc(=O)[nH]1. The summed E-state index contributed by atoms with van der Waals surface area (Å²) in [7, 11) is 0. The summed E-state index contributed by atoms with van der Waals surface area (Å²) in [6.07, 6.45) is 6.74. The Labute approximate surface area is 117 Å². The third-order valence-electron chi connectivity index (χ3n) is 2.73. The lowest BCUT2D eigenvalue weighted by molar-refractivity contribution is 0.970. The molecule has 0 bridgehead atoms. The van der Waals surface area contributed by atoms with Crippen LogP contribution in [-0.2, 0) is 0 Å². The van der Waals surface area contributed by atoms with Gasteiger partial charge in [-0.25, -0.2) is 9.78 Å². The zero-order valence-electron chi connectivity index (χ0n) is 11.6. The van der Waals surface area contributed by atoms with Gasteiger partial charge in [0.05, 0.1) is 0 Å². The zero-order chi connectivity index (χ0) is 14.4. The van der Waals surface area contributed by atoms with Crippen LogP contribution < -0.4 is 5.69 Å². The fraction of sp³-hybridized carbons (Fsp3) is 0.188. The van der Waals surface area contributed by atoms with Crippen LogP contribution in [0.3, 0.4) is 0 Å². The summed E-state index contributed by atoms with van der Waals surface area (Å²) in [5.74, 6) is 0.986. The minimum atomic E-state index is -0.389. The van der Waals surface area contributed by atoms with Gasteiger partial charge in [0, 0.05) is 11.1 Å². The number of hydrogen-bond donors (Lipinski definition) is 1. The number of aromatic nitrogens is 3. The van der Waals surface area contributed by atoms with E-state index in [9.17, 15) is 4.79 Å². The lowest BCUT2D eigenvalue weighted by Crippen LogP contribution is -2.15. The first kappa shape index (κ1) is 13.9. The molecule has 4 heteroatoms. The van der Waals surface area contributed by atoms with E-state index in [1.807, 2.05) is 62.4 Å². The second kappa shape index (κ2) is 6.61. The number of rotatable bonds is 4. The molecule has 1 aromatic carbocycles. The predicted molar refractivity (Wildman–Crippen MR) is 81.2 cm³/mol. The molecule has 102 valence electrons. The maximum atomic E-state index is 11.7. The van der Waals surface area contributed by atoms with E-state index in [1.165, 1.54) is 0 Å². The average molecular weight is 267 g/mol. The molecule has 1 heterocycles. The molecule has 0 aliphatic heterocycles. The number of aromatic amines is 1. The quantitative estimate of drug-likeness (QED) is 0.865. The summed E-state index contributed by atoms with van der Waals surface area (Å²) in [4.78, 5) is 22.8. The Balaban J connectivity index is 2.54. The highest BCUT2D eigenvalue weighted by atomic mass is 16.1. The van der Waals surface area contributed by atoms with Gasteiger partial charge in [-0.15, -0.1) is 0 Å². The standard InChI is InChI=1S/C16H17N3O/c1-3-8-12(9-4-2)14-17-15(19-16(20)18-14)13-10-6-5-7-11-13/h3,5-11H,4H2,1-2H3,(H,17,18,19,20)/b8-3-,12-9+. The largest absolute Gasteiger partial charge is 0.348 e. The molecule has 0 unspecified atom stereocenters. The highest BCUT2D eigenvalue weighted by Gasteiger charge is 2.07. The van der Waals surface area contributed by atoms with Gasteiger partial charge in [0.15, 0.2) is 5.82 Å².